The average Bonchev–Trinajstić information content (AvgIpc) is 2.30. The first-order chi connectivity index (χ1) is 7.97. The Morgan fingerprint density at radius 1 is 1.53 bits per heavy atom. The number of carbonyl (C=O) groups excluding carboxylic acids is 1. The molecule has 0 aliphatic heterocycles. The van der Waals surface area contributed by atoms with Gasteiger partial charge in [-0.3, -0.25) is 14.9 Å². The van der Waals surface area contributed by atoms with Crippen LogP contribution in [-0.2, 0) is 4.79 Å². The lowest BCUT2D eigenvalue weighted by molar-refractivity contribution is -0.385. The molecule has 0 fully saturated rings. The number of hydrogen-bond donors (Lipinski definition) is 1. The second kappa shape index (κ2) is 5.43. The number of amides is 1. The minimum atomic E-state index is -0.450. The van der Waals surface area contributed by atoms with Crippen molar-refractivity contribution in [2.45, 2.75) is 27.2 Å². The van der Waals surface area contributed by atoms with E-state index >= 15 is 0 Å². The fraction of sp³-hybridized carbons (Fsp3) is 0.417. The minimum absolute atomic E-state index is 0.0203. The number of carbonyl (C=O) groups is 1. The van der Waals surface area contributed by atoms with Crippen molar-refractivity contribution in [2.75, 3.05) is 5.32 Å². The molecule has 0 saturated carbocycles. The lowest BCUT2D eigenvalue weighted by atomic mass is 10.1. The van der Waals surface area contributed by atoms with Crippen molar-refractivity contribution in [2.24, 2.45) is 5.92 Å². The summed E-state index contributed by atoms with van der Waals surface area (Å²) in [6, 6.07) is 4.66. The van der Waals surface area contributed by atoms with Crippen LogP contribution in [0.1, 0.15) is 25.8 Å². The third kappa shape index (κ3) is 3.03. The van der Waals surface area contributed by atoms with E-state index in [0.29, 0.717) is 11.3 Å². The van der Waals surface area contributed by atoms with E-state index in [1.54, 1.807) is 19.1 Å². The molecule has 0 saturated heterocycles. The Morgan fingerprint density at radius 3 is 2.71 bits per heavy atom. The maximum absolute atomic E-state index is 11.7. The zero-order chi connectivity index (χ0) is 13.0. The Labute approximate surface area is 100.0 Å². The smallest absolute Gasteiger partial charge is 0.274 e. The molecular weight excluding hydrogens is 220 g/mol. The molecular formula is C12H16N2O3. The molecule has 0 bridgehead atoms. The summed E-state index contributed by atoms with van der Waals surface area (Å²) in [5.74, 6) is -0.218. The van der Waals surface area contributed by atoms with Crippen molar-refractivity contribution in [1.82, 2.24) is 0 Å². The standard InChI is InChI=1S/C12H16N2O3/c1-4-8(2)12(15)13-10-6-5-7-11(9(10)3)14(16)17/h5-8H,4H2,1-3H3,(H,13,15). The largest absolute Gasteiger partial charge is 0.325 e. The Kier molecular flexibility index (Phi) is 4.20. The second-order valence-electron chi connectivity index (χ2n) is 4.01. The minimum Gasteiger partial charge on any atom is -0.325 e. The van der Waals surface area contributed by atoms with Gasteiger partial charge in [-0.1, -0.05) is 19.9 Å². The maximum Gasteiger partial charge on any atom is 0.274 e. The molecule has 17 heavy (non-hydrogen) atoms. The van der Waals surface area contributed by atoms with Crippen molar-refractivity contribution in [3.63, 3.8) is 0 Å². The number of hydrogen-bond acceptors (Lipinski definition) is 3. The van der Waals surface area contributed by atoms with Crippen molar-refractivity contribution in [3.05, 3.63) is 33.9 Å². The van der Waals surface area contributed by atoms with Gasteiger partial charge in [-0.25, -0.2) is 0 Å². The van der Waals surface area contributed by atoms with E-state index in [4.69, 9.17) is 0 Å². The van der Waals surface area contributed by atoms with Gasteiger partial charge < -0.3 is 5.32 Å². The quantitative estimate of drug-likeness (QED) is 0.645. The van der Waals surface area contributed by atoms with Crippen LogP contribution < -0.4 is 5.32 Å². The van der Waals surface area contributed by atoms with E-state index in [-0.39, 0.29) is 17.5 Å². The summed E-state index contributed by atoms with van der Waals surface area (Å²) < 4.78 is 0. The van der Waals surface area contributed by atoms with E-state index < -0.39 is 4.92 Å². The fourth-order valence-electron chi connectivity index (χ4n) is 1.40. The fourth-order valence-corrected chi connectivity index (χ4v) is 1.40. The summed E-state index contributed by atoms with van der Waals surface area (Å²) in [5, 5.41) is 13.5. The summed E-state index contributed by atoms with van der Waals surface area (Å²) in [7, 11) is 0. The van der Waals surface area contributed by atoms with E-state index in [1.807, 2.05) is 13.8 Å². The van der Waals surface area contributed by atoms with Gasteiger partial charge in [0.25, 0.3) is 5.69 Å². The van der Waals surface area contributed by atoms with Crippen LogP contribution in [0.15, 0.2) is 18.2 Å². The van der Waals surface area contributed by atoms with E-state index in [1.165, 1.54) is 6.07 Å². The molecule has 5 heteroatoms. The first kappa shape index (κ1) is 13.2. The maximum atomic E-state index is 11.7. The zero-order valence-corrected chi connectivity index (χ0v) is 10.2. The highest BCUT2D eigenvalue weighted by Crippen LogP contribution is 2.25. The summed E-state index contributed by atoms with van der Waals surface area (Å²) in [5.41, 5.74) is 1.01. The summed E-state index contributed by atoms with van der Waals surface area (Å²) in [4.78, 5) is 22.0. The summed E-state index contributed by atoms with van der Waals surface area (Å²) >= 11 is 0. The zero-order valence-electron chi connectivity index (χ0n) is 10.2. The highest BCUT2D eigenvalue weighted by Gasteiger charge is 2.16. The molecule has 1 atom stereocenters. The van der Waals surface area contributed by atoms with Gasteiger partial charge in [0.1, 0.15) is 0 Å². The molecule has 1 N–H and O–H groups in total. The van der Waals surface area contributed by atoms with E-state index in [9.17, 15) is 14.9 Å². The molecule has 1 rings (SSSR count). The number of rotatable bonds is 4. The van der Waals surface area contributed by atoms with Crippen molar-refractivity contribution in [3.8, 4) is 0 Å². The van der Waals surface area contributed by atoms with Crippen LogP contribution in [0.5, 0.6) is 0 Å². The molecule has 1 amide bonds. The first-order valence-electron chi connectivity index (χ1n) is 5.52. The molecule has 1 aromatic rings. The van der Waals surface area contributed by atoms with Crippen LogP contribution >= 0.6 is 0 Å². The molecule has 1 aromatic carbocycles. The van der Waals surface area contributed by atoms with Crippen LogP contribution in [0.25, 0.3) is 0 Å². The van der Waals surface area contributed by atoms with Gasteiger partial charge in [-0.2, -0.15) is 0 Å². The van der Waals surface area contributed by atoms with E-state index in [0.717, 1.165) is 6.42 Å². The van der Waals surface area contributed by atoms with Crippen molar-refractivity contribution in [1.29, 1.82) is 0 Å². The predicted octanol–water partition coefficient (Wildman–Crippen LogP) is 2.89. The van der Waals surface area contributed by atoms with Gasteiger partial charge in [0, 0.05) is 12.0 Å². The number of nitrogens with zero attached hydrogens (tertiary/aromatic N) is 1. The summed E-state index contributed by atoms with van der Waals surface area (Å²) in [6.45, 7) is 5.37. The molecule has 0 aliphatic rings. The Balaban J connectivity index is 2.96. The predicted molar refractivity (Wildman–Crippen MR) is 65.9 cm³/mol. The lowest BCUT2D eigenvalue weighted by Gasteiger charge is -2.11. The molecule has 1 unspecified atom stereocenters. The number of nitro benzene ring substituents is 1. The lowest BCUT2D eigenvalue weighted by Crippen LogP contribution is -2.20. The van der Waals surface area contributed by atoms with Gasteiger partial charge >= 0.3 is 0 Å². The van der Waals surface area contributed by atoms with Gasteiger partial charge in [-0.15, -0.1) is 0 Å². The van der Waals surface area contributed by atoms with Crippen LogP contribution in [-0.4, -0.2) is 10.8 Å². The molecule has 0 radical (unpaired) electrons. The molecule has 0 aromatic heterocycles. The Morgan fingerprint density at radius 2 is 2.18 bits per heavy atom. The molecule has 0 spiro atoms. The molecule has 0 aliphatic carbocycles. The third-order valence-electron chi connectivity index (χ3n) is 2.82. The third-order valence-corrected chi connectivity index (χ3v) is 2.82. The highest BCUT2D eigenvalue weighted by atomic mass is 16.6. The van der Waals surface area contributed by atoms with Crippen molar-refractivity contribution >= 4 is 17.3 Å². The Bertz CT molecular complexity index is 443. The van der Waals surface area contributed by atoms with Gasteiger partial charge in [0.05, 0.1) is 16.2 Å². The van der Waals surface area contributed by atoms with Gasteiger partial charge in [0.2, 0.25) is 5.91 Å². The molecule has 0 heterocycles. The normalized spacial score (nSPS) is 11.9. The van der Waals surface area contributed by atoms with E-state index in [2.05, 4.69) is 5.32 Å². The van der Waals surface area contributed by atoms with Crippen LogP contribution in [0.2, 0.25) is 0 Å². The van der Waals surface area contributed by atoms with Gasteiger partial charge in [-0.05, 0) is 19.4 Å². The topological polar surface area (TPSA) is 72.2 Å². The second-order valence-corrected chi connectivity index (χ2v) is 4.01. The van der Waals surface area contributed by atoms with Crippen LogP contribution in [0.4, 0.5) is 11.4 Å². The van der Waals surface area contributed by atoms with Crippen molar-refractivity contribution < 1.29 is 9.72 Å². The summed E-state index contributed by atoms with van der Waals surface area (Å²) in [6.07, 6.45) is 0.736. The molecule has 92 valence electrons. The Hall–Kier alpha value is -1.91. The highest BCUT2D eigenvalue weighted by molar-refractivity contribution is 5.93. The monoisotopic (exact) mass is 236 g/mol. The van der Waals surface area contributed by atoms with Crippen LogP contribution in [0.3, 0.4) is 0 Å². The number of nitro groups is 1. The number of nitrogens with one attached hydrogen (secondary N) is 1. The first-order valence-corrected chi connectivity index (χ1v) is 5.52. The van der Waals surface area contributed by atoms with Gasteiger partial charge in [0.15, 0.2) is 0 Å². The average molecular weight is 236 g/mol. The molecule has 5 nitrogen and oxygen atoms in total. The van der Waals surface area contributed by atoms with Crippen LogP contribution in [0, 0.1) is 23.0 Å². The SMILES string of the molecule is CCC(C)C(=O)Nc1cccc([N+](=O)[O-])c1C. The number of benzene rings is 1. The number of anilines is 1.